The summed E-state index contributed by atoms with van der Waals surface area (Å²) in [4.78, 5) is 24.6. The number of nitrogens with one attached hydrogen (secondary N) is 1. The SMILES string of the molecule is CCCCCCCCCCCCCCCCCCCCC(O)C(CO)NC(=O)CCCCCCCCC/C=C\C/C=C\CCCCCOC(=O)CCCCCCCCCCCCCCCCCC. The van der Waals surface area contributed by atoms with Crippen LogP contribution in [0.2, 0.25) is 0 Å². The van der Waals surface area contributed by atoms with Crippen molar-refractivity contribution >= 4 is 11.9 Å². The van der Waals surface area contributed by atoms with Gasteiger partial charge in [0.1, 0.15) is 0 Å². The van der Waals surface area contributed by atoms with Gasteiger partial charge in [0.25, 0.3) is 0 Å². The average Bonchev–Trinajstić information content (AvgIpc) is 3.34. The smallest absolute Gasteiger partial charge is 0.305 e. The first-order valence-corrected chi connectivity index (χ1v) is 30.6. The molecule has 0 saturated carbocycles. The zero-order valence-electron chi connectivity index (χ0n) is 45.9. The third-order valence-corrected chi connectivity index (χ3v) is 14.3. The van der Waals surface area contributed by atoms with E-state index in [1.807, 2.05) is 0 Å². The highest BCUT2D eigenvalue weighted by Crippen LogP contribution is 2.18. The third-order valence-electron chi connectivity index (χ3n) is 14.3. The number of aliphatic hydroxyl groups excluding tert-OH is 2. The minimum atomic E-state index is -0.675. The molecule has 402 valence electrons. The van der Waals surface area contributed by atoms with E-state index < -0.39 is 12.1 Å². The summed E-state index contributed by atoms with van der Waals surface area (Å²) in [5.41, 5.74) is 0. The molecule has 6 heteroatoms. The van der Waals surface area contributed by atoms with Crippen molar-refractivity contribution in [3.63, 3.8) is 0 Å². The summed E-state index contributed by atoms with van der Waals surface area (Å²) >= 11 is 0. The van der Waals surface area contributed by atoms with Gasteiger partial charge in [0.15, 0.2) is 0 Å². The van der Waals surface area contributed by atoms with Crippen LogP contribution < -0.4 is 5.32 Å². The van der Waals surface area contributed by atoms with Crippen molar-refractivity contribution < 1.29 is 24.5 Å². The average molecular weight is 959 g/mol. The van der Waals surface area contributed by atoms with Crippen molar-refractivity contribution in [2.45, 2.75) is 347 Å². The van der Waals surface area contributed by atoms with E-state index in [0.717, 1.165) is 83.5 Å². The fraction of sp³-hybridized carbons (Fsp3) is 0.903. The number of allylic oxidation sites excluding steroid dienone is 4. The highest BCUT2D eigenvalue weighted by Gasteiger charge is 2.20. The maximum atomic E-state index is 12.5. The summed E-state index contributed by atoms with van der Waals surface area (Å²) in [6.45, 7) is 4.93. The van der Waals surface area contributed by atoms with E-state index in [4.69, 9.17) is 4.74 Å². The van der Waals surface area contributed by atoms with E-state index in [1.54, 1.807) is 0 Å². The van der Waals surface area contributed by atoms with Crippen LogP contribution in [0.3, 0.4) is 0 Å². The first kappa shape index (κ1) is 66.3. The molecule has 0 heterocycles. The van der Waals surface area contributed by atoms with Crippen LogP contribution in [-0.2, 0) is 14.3 Å². The van der Waals surface area contributed by atoms with Gasteiger partial charge in [-0.25, -0.2) is 0 Å². The molecule has 0 fully saturated rings. The monoisotopic (exact) mass is 958 g/mol. The molecule has 0 rings (SSSR count). The Bertz CT molecular complexity index is 1060. The first-order chi connectivity index (χ1) is 33.5. The van der Waals surface area contributed by atoms with Gasteiger partial charge in [-0.2, -0.15) is 0 Å². The molecule has 0 aromatic carbocycles. The molecule has 2 unspecified atom stereocenters. The van der Waals surface area contributed by atoms with E-state index in [1.165, 1.54) is 218 Å². The van der Waals surface area contributed by atoms with E-state index in [9.17, 15) is 19.8 Å². The zero-order chi connectivity index (χ0) is 49.3. The molecule has 0 aliphatic carbocycles. The van der Waals surface area contributed by atoms with E-state index in [2.05, 4.69) is 43.5 Å². The number of amides is 1. The fourth-order valence-corrected chi connectivity index (χ4v) is 9.55. The number of esters is 1. The van der Waals surface area contributed by atoms with Crippen LogP contribution in [0.15, 0.2) is 24.3 Å². The van der Waals surface area contributed by atoms with Crippen LogP contribution in [-0.4, -0.2) is 47.4 Å². The summed E-state index contributed by atoms with van der Waals surface area (Å²) in [7, 11) is 0. The van der Waals surface area contributed by atoms with Gasteiger partial charge in [-0.15, -0.1) is 0 Å². The van der Waals surface area contributed by atoms with E-state index in [0.29, 0.717) is 25.9 Å². The number of unbranched alkanes of at least 4 members (excludes halogenated alkanes) is 42. The zero-order valence-corrected chi connectivity index (χ0v) is 45.9. The summed E-state index contributed by atoms with van der Waals surface area (Å²) in [5.74, 6) is -0.0599. The molecule has 0 bridgehead atoms. The van der Waals surface area contributed by atoms with Crippen LogP contribution in [0.25, 0.3) is 0 Å². The summed E-state index contributed by atoms with van der Waals surface area (Å²) < 4.78 is 5.46. The Morgan fingerprint density at radius 2 is 0.735 bits per heavy atom. The Kier molecular flexibility index (Phi) is 56.5. The molecule has 6 nitrogen and oxygen atoms in total. The number of carbonyl (C=O) groups excluding carboxylic acids is 2. The highest BCUT2D eigenvalue weighted by atomic mass is 16.5. The molecule has 68 heavy (non-hydrogen) atoms. The standard InChI is InChI=1S/C62H119NO5/c1-3-5-7-9-11-13-15-17-19-21-23-26-30-34-38-42-46-50-54-60(65)59(58-64)63-61(66)55-51-47-43-39-35-31-27-24-22-25-29-33-37-41-45-49-53-57-68-62(67)56-52-48-44-40-36-32-28-20-18-16-14-12-10-8-6-4-2/h22,25,33,37,59-60,64-65H,3-21,23-24,26-32,34-36,38-58H2,1-2H3,(H,63,66)/b25-22-,37-33-. The fourth-order valence-electron chi connectivity index (χ4n) is 9.55. The van der Waals surface area contributed by atoms with E-state index in [-0.39, 0.29) is 18.5 Å². The maximum Gasteiger partial charge on any atom is 0.305 e. The minimum Gasteiger partial charge on any atom is -0.466 e. The Morgan fingerprint density at radius 3 is 1.12 bits per heavy atom. The molecule has 2 atom stereocenters. The molecule has 0 saturated heterocycles. The number of rotatable bonds is 57. The van der Waals surface area contributed by atoms with Crippen LogP contribution in [0.4, 0.5) is 0 Å². The quantitative estimate of drug-likeness (QED) is 0.0321. The maximum absolute atomic E-state index is 12.5. The number of ether oxygens (including phenoxy) is 1. The summed E-state index contributed by atoms with van der Waals surface area (Å²) in [5, 5.41) is 23.3. The molecule has 0 aliphatic rings. The van der Waals surface area contributed by atoms with Crippen LogP contribution in [0.1, 0.15) is 335 Å². The number of hydrogen-bond acceptors (Lipinski definition) is 5. The van der Waals surface area contributed by atoms with Crippen molar-refractivity contribution in [2.75, 3.05) is 13.2 Å². The van der Waals surface area contributed by atoms with Crippen molar-refractivity contribution in [3.8, 4) is 0 Å². The second-order valence-corrected chi connectivity index (χ2v) is 21.0. The molecule has 3 N–H and O–H groups in total. The molecule has 0 aromatic heterocycles. The minimum absolute atomic E-state index is 0.0114. The second-order valence-electron chi connectivity index (χ2n) is 21.0. The van der Waals surface area contributed by atoms with Gasteiger partial charge in [0, 0.05) is 12.8 Å². The molecule has 0 radical (unpaired) electrons. The lowest BCUT2D eigenvalue weighted by Gasteiger charge is -2.22. The Morgan fingerprint density at radius 1 is 0.412 bits per heavy atom. The van der Waals surface area contributed by atoms with Crippen molar-refractivity contribution in [1.82, 2.24) is 5.32 Å². The third kappa shape index (κ3) is 53.7. The largest absolute Gasteiger partial charge is 0.466 e. The van der Waals surface area contributed by atoms with Crippen LogP contribution in [0.5, 0.6) is 0 Å². The molecular weight excluding hydrogens is 839 g/mol. The van der Waals surface area contributed by atoms with Crippen LogP contribution in [0, 0.1) is 0 Å². The number of carbonyl (C=O) groups is 2. The predicted octanol–water partition coefficient (Wildman–Crippen LogP) is 19.0. The lowest BCUT2D eigenvalue weighted by Crippen LogP contribution is -2.45. The van der Waals surface area contributed by atoms with Gasteiger partial charge in [-0.3, -0.25) is 9.59 Å². The molecule has 0 aromatic rings. The molecule has 1 amide bonds. The summed E-state index contributed by atoms with van der Waals surface area (Å²) in [6.07, 6.45) is 70.3. The lowest BCUT2D eigenvalue weighted by molar-refractivity contribution is -0.143. The number of hydrogen-bond donors (Lipinski definition) is 3. The van der Waals surface area contributed by atoms with E-state index >= 15 is 0 Å². The van der Waals surface area contributed by atoms with Crippen molar-refractivity contribution in [1.29, 1.82) is 0 Å². The van der Waals surface area contributed by atoms with Gasteiger partial charge >= 0.3 is 5.97 Å². The molecule has 0 aliphatic heterocycles. The second kappa shape index (κ2) is 57.9. The molecular formula is C62H119NO5. The van der Waals surface area contributed by atoms with Gasteiger partial charge < -0.3 is 20.3 Å². The highest BCUT2D eigenvalue weighted by molar-refractivity contribution is 5.76. The summed E-state index contributed by atoms with van der Waals surface area (Å²) in [6, 6.07) is -0.554. The van der Waals surface area contributed by atoms with Gasteiger partial charge in [-0.05, 0) is 64.2 Å². The lowest BCUT2D eigenvalue weighted by atomic mass is 10.0. The van der Waals surface area contributed by atoms with Crippen LogP contribution >= 0.6 is 0 Å². The van der Waals surface area contributed by atoms with Gasteiger partial charge in [-0.1, -0.05) is 282 Å². The van der Waals surface area contributed by atoms with Crippen molar-refractivity contribution in [2.24, 2.45) is 0 Å². The normalized spacial score (nSPS) is 12.7. The first-order valence-electron chi connectivity index (χ1n) is 30.6. The van der Waals surface area contributed by atoms with Gasteiger partial charge in [0.2, 0.25) is 5.91 Å². The van der Waals surface area contributed by atoms with Gasteiger partial charge in [0.05, 0.1) is 25.4 Å². The number of aliphatic hydroxyl groups is 2. The topological polar surface area (TPSA) is 95.9 Å². The molecule has 0 spiro atoms. The Balaban J connectivity index is 3.48. The Labute approximate surface area is 424 Å². The predicted molar refractivity (Wildman–Crippen MR) is 296 cm³/mol. The Hall–Kier alpha value is -1.66. The van der Waals surface area contributed by atoms with Crippen molar-refractivity contribution in [3.05, 3.63) is 24.3 Å².